The SMILES string of the molecule is c1ccc(-n2c3ccccc3c3ccccc32)c(-c2ccccc2-n2c3ccc(-n4c5ccccc5n5c6cc(-c7ccc8c(c7)c7ccccc7n8-c7ccccc7-c7ccccc7-n7c8ccccc8n8c9cc(-n%10c%11ccccc%11c%11ccccc%11%10)ccc9nc78)ccc6nc45)cc3n3c4ccccc4nc23)c1. The van der Waals surface area contributed by atoms with Crippen LogP contribution in [0.1, 0.15) is 0 Å². The molecule has 25 rings (SSSR count). The second kappa shape index (κ2) is 22.6. The molecule has 111 heavy (non-hydrogen) atoms. The minimum atomic E-state index is 0.831. The smallest absolute Gasteiger partial charge is 0.220 e. The molecule has 0 radical (unpaired) electrons. The third-order valence-electron chi connectivity index (χ3n) is 23.4. The van der Waals surface area contributed by atoms with E-state index >= 15 is 0 Å². The standard InChI is InChI=1S/C99H60N12/c1-11-35-78-65(25-1)66-26-2-12-36-79(66)103(78)63-51-54-77-95(59-63)111-92-48-24-23-47-91(92)107(99(111)102-77)85-42-18-7-31-71(85)70-30-6-16-40-83(70)106-84-41-17-9-33-73(84)74-57-61(50-55-87(74)106)62-49-53-76-94(58-62)110-90-46-22-21-45-89(90)104(97(110)101-76)64-52-56-93-96(60-64)109-88-44-20-10-34-75(88)100-98(109)108(93)86-43-19-8-32-72(86)69-29-5-15-39-82(69)105-80-37-13-3-27-67(80)68-28-4-14-38-81(68)105/h1-60H. The summed E-state index contributed by atoms with van der Waals surface area (Å²) in [6.45, 7) is 0. The minimum Gasteiger partial charge on any atom is -0.309 e. The largest absolute Gasteiger partial charge is 0.309 e. The highest BCUT2D eigenvalue weighted by Crippen LogP contribution is 2.46. The van der Waals surface area contributed by atoms with Gasteiger partial charge in [-0.1, -0.05) is 212 Å². The van der Waals surface area contributed by atoms with Gasteiger partial charge in [-0.05, 0) is 163 Å². The first kappa shape index (κ1) is 59.9. The van der Waals surface area contributed by atoms with Crippen LogP contribution in [-0.2, 0) is 0 Å². The summed E-state index contributed by atoms with van der Waals surface area (Å²) >= 11 is 0. The molecule has 0 bridgehead atoms. The van der Waals surface area contributed by atoms with Crippen molar-refractivity contribution in [3.8, 4) is 67.5 Å². The number of hydrogen-bond acceptors (Lipinski definition) is 3. The molecule has 0 spiro atoms. The highest BCUT2D eigenvalue weighted by atomic mass is 15.2. The number of nitrogens with zero attached hydrogens (tertiary/aromatic N) is 12. The van der Waals surface area contributed by atoms with Crippen LogP contribution in [0.15, 0.2) is 364 Å². The molecule has 9 heterocycles. The van der Waals surface area contributed by atoms with Crippen molar-refractivity contribution in [2.75, 3.05) is 0 Å². The molecule has 25 aromatic rings. The zero-order chi connectivity index (χ0) is 72.3. The van der Waals surface area contributed by atoms with E-state index < -0.39 is 0 Å². The van der Waals surface area contributed by atoms with Crippen LogP contribution in [0.3, 0.4) is 0 Å². The summed E-state index contributed by atoms with van der Waals surface area (Å²) in [6, 6.07) is 132. The average Bonchev–Trinajstić information content (AvgIpc) is 1.55. The highest BCUT2D eigenvalue weighted by molar-refractivity contribution is 6.14. The van der Waals surface area contributed by atoms with Gasteiger partial charge in [0.1, 0.15) is 0 Å². The Labute approximate surface area is 632 Å². The Hall–Kier alpha value is -15.3. The molecule has 516 valence electrons. The molecule has 12 heteroatoms. The van der Waals surface area contributed by atoms with Crippen LogP contribution in [0, 0.1) is 0 Å². The predicted molar refractivity (Wildman–Crippen MR) is 455 cm³/mol. The monoisotopic (exact) mass is 1420 g/mol. The summed E-state index contributed by atoms with van der Waals surface area (Å²) in [7, 11) is 0. The number of aromatic nitrogens is 12. The summed E-state index contributed by atoms with van der Waals surface area (Å²) < 4.78 is 21.3. The van der Waals surface area contributed by atoms with Crippen LogP contribution in [0.5, 0.6) is 0 Å². The third kappa shape index (κ3) is 8.33. The summed E-state index contributed by atoms with van der Waals surface area (Å²) in [5.74, 6) is 2.52. The van der Waals surface area contributed by atoms with Crippen LogP contribution < -0.4 is 0 Å². The zero-order valence-corrected chi connectivity index (χ0v) is 59.5. The summed E-state index contributed by atoms with van der Waals surface area (Å²) in [5.41, 5.74) is 32.1. The van der Waals surface area contributed by atoms with Crippen LogP contribution in [-0.4, -0.2) is 55.6 Å². The van der Waals surface area contributed by atoms with Crippen molar-refractivity contribution in [3.63, 3.8) is 0 Å². The fourth-order valence-corrected chi connectivity index (χ4v) is 18.7. The van der Waals surface area contributed by atoms with Crippen LogP contribution >= 0.6 is 0 Å². The van der Waals surface area contributed by atoms with Gasteiger partial charge in [-0.15, -0.1) is 0 Å². The van der Waals surface area contributed by atoms with Crippen molar-refractivity contribution in [3.05, 3.63) is 364 Å². The van der Waals surface area contributed by atoms with Crippen molar-refractivity contribution in [1.82, 2.24) is 55.6 Å². The van der Waals surface area contributed by atoms with E-state index in [4.69, 9.17) is 15.0 Å². The number of para-hydroxylation sites is 15. The van der Waals surface area contributed by atoms with E-state index in [-0.39, 0.29) is 0 Å². The van der Waals surface area contributed by atoms with E-state index in [0.717, 1.165) is 162 Å². The van der Waals surface area contributed by atoms with Crippen LogP contribution in [0.2, 0.25) is 0 Å². The lowest BCUT2D eigenvalue weighted by molar-refractivity contribution is 1.10. The molecule has 0 amide bonds. The number of hydrogen-bond donors (Lipinski definition) is 0. The molecule has 0 aliphatic rings. The maximum absolute atomic E-state index is 5.55. The molecule has 0 unspecified atom stereocenters. The Bertz CT molecular complexity index is 8210. The first-order valence-electron chi connectivity index (χ1n) is 37.8. The normalized spacial score (nSPS) is 12.3. The van der Waals surface area contributed by atoms with Gasteiger partial charge in [-0.25, -0.2) is 15.0 Å². The molecule has 0 N–H and O–H groups in total. The Morgan fingerprint density at radius 3 is 0.973 bits per heavy atom. The van der Waals surface area contributed by atoms with E-state index in [2.05, 4.69) is 405 Å². The fourth-order valence-electron chi connectivity index (χ4n) is 18.7. The molecule has 12 nitrogen and oxygen atoms in total. The van der Waals surface area contributed by atoms with E-state index in [9.17, 15) is 0 Å². The lowest BCUT2D eigenvalue weighted by Gasteiger charge is -2.17. The molecule has 0 saturated carbocycles. The lowest BCUT2D eigenvalue weighted by Crippen LogP contribution is -2.02. The Balaban J connectivity index is 0.610. The van der Waals surface area contributed by atoms with E-state index in [0.29, 0.717) is 0 Å². The maximum atomic E-state index is 5.55. The van der Waals surface area contributed by atoms with Crippen molar-refractivity contribution >= 4 is 149 Å². The maximum Gasteiger partial charge on any atom is 0.220 e. The van der Waals surface area contributed by atoms with Gasteiger partial charge in [0.05, 0.1) is 128 Å². The molecule has 0 atom stereocenters. The first-order valence-corrected chi connectivity index (χ1v) is 37.8. The molecule has 0 aliphatic carbocycles. The minimum absolute atomic E-state index is 0.831. The Morgan fingerprint density at radius 1 is 0.162 bits per heavy atom. The molecule has 0 fully saturated rings. The molecule has 9 aromatic heterocycles. The van der Waals surface area contributed by atoms with Crippen LogP contribution in [0.4, 0.5) is 0 Å². The van der Waals surface area contributed by atoms with Gasteiger partial charge < -0.3 is 13.7 Å². The van der Waals surface area contributed by atoms with Gasteiger partial charge in [0, 0.05) is 60.3 Å². The Kier molecular flexibility index (Phi) is 12.2. The van der Waals surface area contributed by atoms with E-state index in [1.807, 2.05) is 0 Å². The lowest BCUT2D eigenvalue weighted by atomic mass is 10.0. The summed E-state index contributed by atoms with van der Waals surface area (Å²) in [4.78, 5) is 16.5. The van der Waals surface area contributed by atoms with Crippen molar-refractivity contribution < 1.29 is 0 Å². The van der Waals surface area contributed by atoms with Crippen molar-refractivity contribution in [1.29, 1.82) is 0 Å². The second-order valence-electron chi connectivity index (χ2n) is 29.2. The summed E-state index contributed by atoms with van der Waals surface area (Å²) in [6.07, 6.45) is 0. The van der Waals surface area contributed by atoms with Crippen molar-refractivity contribution in [2.45, 2.75) is 0 Å². The highest BCUT2D eigenvalue weighted by Gasteiger charge is 2.28. The van der Waals surface area contributed by atoms with Gasteiger partial charge >= 0.3 is 0 Å². The molecule has 16 aromatic carbocycles. The molecule has 0 saturated heterocycles. The molecule has 0 aliphatic heterocycles. The third-order valence-corrected chi connectivity index (χ3v) is 23.4. The van der Waals surface area contributed by atoms with E-state index in [1.165, 1.54) is 54.4 Å². The Morgan fingerprint density at radius 2 is 0.459 bits per heavy atom. The zero-order valence-electron chi connectivity index (χ0n) is 59.5. The number of imidazole rings is 6. The molecular weight excluding hydrogens is 1360 g/mol. The van der Waals surface area contributed by atoms with E-state index in [1.54, 1.807) is 0 Å². The van der Waals surface area contributed by atoms with Gasteiger partial charge in [0.25, 0.3) is 0 Å². The van der Waals surface area contributed by atoms with Gasteiger partial charge in [0.15, 0.2) is 0 Å². The number of benzene rings is 16. The topological polar surface area (TPSA) is 81.5 Å². The average molecular weight is 1420 g/mol. The first-order chi connectivity index (χ1) is 55.1. The number of rotatable bonds is 9. The van der Waals surface area contributed by atoms with Crippen molar-refractivity contribution in [2.24, 2.45) is 0 Å². The van der Waals surface area contributed by atoms with Crippen LogP contribution in [0.25, 0.3) is 216 Å². The fraction of sp³-hybridized carbons (Fsp3) is 0. The molecular formula is C99H60N12. The summed E-state index contributed by atoms with van der Waals surface area (Å²) in [5, 5.41) is 7.26. The number of fused-ring (bicyclic) bond motifs is 24. The quantitative estimate of drug-likeness (QED) is 0.144. The van der Waals surface area contributed by atoms with Gasteiger partial charge in [0.2, 0.25) is 17.3 Å². The second-order valence-corrected chi connectivity index (χ2v) is 29.2. The van der Waals surface area contributed by atoms with Gasteiger partial charge in [-0.3, -0.25) is 26.9 Å². The van der Waals surface area contributed by atoms with Gasteiger partial charge in [-0.2, -0.15) is 0 Å². The predicted octanol–water partition coefficient (Wildman–Crippen LogP) is 24.2.